The molecule has 0 spiro atoms. The smallest absolute Gasteiger partial charge is 0.0608 e. The molecule has 3 heterocycles. The Morgan fingerprint density at radius 2 is 2.06 bits per heavy atom. The lowest BCUT2D eigenvalue weighted by atomic mass is 9.84. The van der Waals surface area contributed by atoms with E-state index in [2.05, 4.69) is 15.3 Å². The zero-order chi connectivity index (χ0) is 12.4. The molecule has 0 aromatic heterocycles. The summed E-state index contributed by atoms with van der Waals surface area (Å²) in [5.74, 6) is 0. The maximum absolute atomic E-state index is 6.10. The van der Waals surface area contributed by atoms with E-state index in [1.54, 1.807) is 0 Å². The first-order chi connectivity index (χ1) is 8.81. The molecule has 3 aliphatic heterocycles. The van der Waals surface area contributed by atoms with Gasteiger partial charge in [-0.15, -0.1) is 0 Å². The van der Waals surface area contributed by atoms with Crippen LogP contribution in [0.3, 0.4) is 0 Å². The Morgan fingerprint density at radius 1 is 1.22 bits per heavy atom. The highest BCUT2D eigenvalue weighted by Gasteiger charge is 2.41. The highest BCUT2D eigenvalue weighted by atomic mass is 16.5. The Bertz CT molecular complexity index is 282. The van der Waals surface area contributed by atoms with Crippen molar-refractivity contribution < 1.29 is 4.74 Å². The largest absolute Gasteiger partial charge is 0.379 e. The summed E-state index contributed by atoms with van der Waals surface area (Å²) in [6.45, 7) is 6.88. The van der Waals surface area contributed by atoms with Gasteiger partial charge in [0.15, 0.2) is 0 Å². The number of ether oxygens (including phenoxy) is 1. The van der Waals surface area contributed by atoms with Crippen LogP contribution < -0.4 is 11.2 Å². The lowest BCUT2D eigenvalue weighted by Gasteiger charge is -2.47. The molecule has 104 valence electrons. The summed E-state index contributed by atoms with van der Waals surface area (Å²) in [6, 6.07) is 0.760. The third-order valence-electron chi connectivity index (χ3n) is 4.80. The fraction of sp³-hybridized carbons (Fsp3) is 1.00. The monoisotopic (exact) mass is 254 g/mol. The molecule has 0 amide bonds. The molecule has 3 rings (SSSR count). The van der Waals surface area contributed by atoms with E-state index in [0.29, 0.717) is 0 Å². The van der Waals surface area contributed by atoms with Crippen molar-refractivity contribution in [3.05, 3.63) is 0 Å². The van der Waals surface area contributed by atoms with Crippen molar-refractivity contribution in [2.45, 2.75) is 37.3 Å². The first kappa shape index (κ1) is 12.8. The van der Waals surface area contributed by atoms with Crippen LogP contribution in [0.4, 0.5) is 0 Å². The molecule has 3 N–H and O–H groups in total. The zero-order valence-corrected chi connectivity index (χ0v) is 11.2. The molecule has 2 atom stereocenters. The van der Waals surface area contributed by atoms with Crippen molar-refractivity contribution in [3.8, 4) is 0 Å². The fourth-order valence-corrected chi connectivity index (χ4v) is 3.67. The molecule has 0 aromatic rings. The van der Waals surface area contributed by atoms with Gasteiger partial charge in [0.2, 0.25) is 0 Å². The number of nitrogens with one attached hydrogen (secondary N) is 1. The summed E-state index contributed by atoms with van der Waals surface area (Å²) >= 11 is 0. The summed E-state index contributed by atoms with van der Waals surface area (Å²) in [7, 11) is 0. The minimum absolute atomic E-state index is 0.128. The fourth-order valence-electron chi connectivity index (χ4n) is 3.67. The lowest BCUT2D eigenvalue weighted by molar-refractivity contribution is -0.0288. The molecular weight excluding hydrogens is 228 g/mol. The van der Waals surface area contributed by atoms with Gasteiger partial charge in [0.05, 0.1) is 13.2 Å². The minimum Gasteiger partial charge on any atom is -0.379 e. The number of hydrogen-bond donors (Lipinski definition) is 2. The van der Waals surface area contributed by atoms with Crippen LogP contribution in [0.25, 0.3) is 0 Å². The standard InChI is InChI=1S/C13H26N4O/c14-11-13(15-17-6-8-18-9-7-17)3-5-16-4-1-2-12(16)10-13/h12,15H,1-11,14H2. The van der Waals surface area contributed by atoms with Crippen molar-refractivity contribution in [1.82, 2.24) is 15.3 Å². The number of piperidine rings is 1. The Hall–Kier alpha value is -0.200. The van der Waals surface area contributed by atoms with E-state index >= 15 is 0 Å². The molecule has 2 unspecified atom stereocenters. The minimum atomic E-state index is 0.128. The Kier molecular flexibility index (Phi) is 3.86. The molecule has 0 aliphatic carbocycles. The van der Waals surface area contributed by atoms with Gasteiger partial charge in [-0.1, -0.05) is 0 Å². The van der Waals surface area contributed by atoms with Crippen LogP contribution in [-0.2, 0) is 4.74 Å². The lowest BCUT2D eigenvalue weighted by Crippen LogP contribution is -2.65. The van der Waals surface area contributed by atoms with E-state index in [0.717, 1.165) is 38.9 Å². The molecule has 18 heavy (non-hydrogen) atoms. The van der Waals surface area contributed by atoms with Crippen LogP contribution in [0.2, 0.25) is 0 Å². The van der Waals surface area contributed by atoms with Gasteiger partial charge in [-0.2, -0.15) is 0 Å². The number of hydrazine groups is 1. The highest BCUT2D eigenvalue weighted by Crippen LogP contribution is 2.32. The summed E-state index contributed by atoms with van der Waals surface area (Å²) in [4.78, 5) is 2.65. The van der Waals surface area contributed by atoms with Gasteiger partial charge in [0.1, 0.15) is 0 Å². The third-order valence-corrected chi connectivity index (χ3v) is 4.80. The molecule has 3 saturated heterocycles. The predicted molar refractivity (Wildman–Crippen MR) is 71.1 cm³/mol. The Balaban J connectivity index is 1.62. The Labute approximate surface area is 110 Å². The van der Waals surface area contributed by atoms with Crippen molar-refractivity contribution in [2.75, 3.05) is 45.9 Å². The van der Waals surface area contributed by atoms with Gasteiger partial charge < -0.3 is 15.4 Å². The second-order valence-electron chi connectivity index (χ2n) is 5.98. The number of fused-ring (bicyclic) bond motifs is 1. The summed E-state index contributed by atoms with van der Waals surface area (Å²) in [5.41, 5.74) is 9.96. The SMILES string of the molecule is NCC1(NN2CCOCC2)CCN2CCCC2C1. The van der Waals surface area contributed by atoms with Crippen molar-refractivity contribution in [1.29, 1.82) is 0 Å². The molecule has 3 fully saturated rings. The highest BCUT2D eigenvalue weighted by molar-refractivity contribution is 5.00. The summed E-state index contributed by atoms with van der Waals surface area (Å²) in [5, 5.41) is 2.32. The van der Waals surface area contributed by atoms with Gasteiger partial charge >= 0.3 is 0 Å². The summed E-state index contributed by atoms with van der Waals surface area (Å²) < 4.78 is 5.40. The molecular formula is C13H26N4O. The zero-order valence-electron chi connectivity index (χ0n) is 11.2. The third kappa shape index (κ3) is 2.56. The molecule has 5 heteroatoms. The van der Waals surface area contributed by atoms with E-state index < -0.39 is 0 Å². The van der Waals surface area contributed by atoms with E-state index in [1.807, 2.05) is 0 Å². The van der Waals surface area contributed by atoms with Crippen LogP contribution >= 0.6 is 0 Å². The molecule has 5 nitrogen and oxygen atoms in total. The van der Waals surface area contributed by atoms with Gasteiger partial charge in [-0.3, -0.25) is 0 Å². The van der Waals surface area contributed by atoms with Gasteiger partial charge in [-0.05, 0) is 32.2 Å². The second kappa shape index (κ2) is 5.43. The van der Waals surface area contributed by atoms with Gasteiger partial charge in [0, 0.05) is 37.8 Å². The first-order valence-corrected chi connectivity index (χ1v) is 7.36. The van der Waals surface area contributed by atoms with Crippen molar-refractivity contribution in [2.24, 2.45) is 5.73 Å². The number of morpholine rings is 1. The topological polar surface area (TPSA) is 53.8 Å². The van der Waals surface area contributed by atoms with Gasteiger partial charge in [-0.25, -0.2) is 10.4 Å². The van der Waals surface area contributed by atoms with Crippen LogP contribution in [-0.4, -0.2) is 67.4 Å². The Morgan fingerprint density at radius 3 is 2.83 bits per heavy atom. The number of nitrogens with two attached hydrogens (primary N) is 1. The quantitative estimate of drug-likeness (QED) is 0.729. The molecule has 0 radical (unpaired) electrons. The van der Waals surface area contributed by atoms with Crippen molar-refractivity contribution >= 4 is 0 Å². The average Bonchev–Trinajstić information content (AvgIpc) is 2.87. The number of nitrogens with zero attached hydrogens (tertiary/aromatic N) is 2. The predicted octanol–water partition coefficient (Wildman–Crippen LogP) is -0.221. The second-order valence-corrected chi connectivity index (χ2v) is 5.98. The maximum Gasteiger partial charge on any atom is 0.0608 e. The molecule has 0 saturated carbocycles. The van der Waals surface area contributed by atoms with Crippen molar-refractivity contribution in [3.63, 3.8) is 0 Å². The van der Waals surface area contributed by atoms with E-state index in [1.165, 1.54) is 38.8 Å². The van der Waals surface area contributed by atoms with Crippen LogP contribution in [0.1, 0.15) is 25.7 Å². The van der Waals surface area contributed by atoms with E-state index in [-0.39, 0.29) is 5.54 Å². The summed E-state index contributed by atoms with van der Waals surface area (Å²) in [6.07, 6.45) is 5.10. The first-order valence-electron chi connectivity index (χ1n) is 7.36. The van der Waals surface area contributed by atoms with Crippen LogP contribution in [0.15, 0.2) is 0 Å². The molecule has 0 aromatic carbocycles. The van der Waals surface area contributed by atoms with E-state index in [9.17, 15) is 0 Å². The number of hydrogen-bond acceptors (Lipinski definition) is 5. The van der Waals surface area contributed by atoms with E-state index in [4.69, 9.17) is 10.5 Å². The number of rotatable bonds is 3. The van der Waals surface area contributed by atoms with Crippen LogP contribution in [0, 0.1) is 0 Å². The van der Waals surface area contributed by atoms with Gasteiger partial charge in [0.25, 0.3) is 0 Å². The average molecular weight is 254 g/mol. The molecule has 3 aliphatic rings. The maximum atomic E-state index is 6.10. The van der Waals surface area contributed by atoms with Crippen LogP contribution in [0.5, 0.6) is 0 Å². The molecule has 0 bridgehead atoms. The normalized spacial score (nSPS) is 38.8.